The van der Waals surface area contributed by atoms with Crippen LogP contribution in [0.15, 0.2) is 0 Å². The van der Waals surface area contributed by atoms with Gasteiger partial charge in [-0.05, 0) is 37.5 Å². The molecule has 0 amide bonds. The van der Waals surface area contributed by atoms with Gasteiger partial charge in [-0.15, -0.1) is 0 Å². The summed E-state index contributed by atoms with van der Waals surface area (Å²) in [6.45, 7) is 9.60. The molecule has 0 bridgehead atoms. The fraction of sp³-hybridized carbons (Fsp3) is 0.948. The van der Waals surface area contributed by atoms with Crippen LogP contribution in [0.3, 0.4) is 0 Å². The van der Waals surface area contributed by atoms with Gasteiger partial charge in [0.1, 0.15) is 19.3 Å². The Kier molecular flexibility index (Phi) is 67.4. The summed E-state index contributed by atoms with van der Waals surface area (Å²) >= 11 is 0. The molecule has 3 unspecified atom stereocenters. The number of unbranched alkanes of at least 4 members (excludes halogenated alkanes) is 45. The smallest absolute Gasteiger partial charge is 0.462 e. The maximum atomic E-state index is 13.1. The molecule has 0 rings (SSSR count). The minimum atomic E-state index is -4.96. The average Bonchev–Trinajstić information content (AvgIpc) is 1.41. The molecule has 3 N–H and O–H groups in total. The summed E-state index contributed by atoms with van der Waals surface area (Å²) in [6, 6.07) is 0. The number of esters is 4. The molecule has 6 atom stereocenters. The van der Waals surface area contributed by atoms with E-state index in [4.69, 9.17) is 37.0 Å². The van der Waals surface area contributed by atoms with Crippen molar-refractivity contribution in [2.45, 2.75) is 419 Å². The Hall–Kier alpha value is -1.94. The van der Waals surface area contributed by atoms with Gasteiger partial charge in [0.15, 0.2) is 12.2 Å². The zero-order valence-electron chi connectivity index (χ0n) is 62.7. The Morgan fingerprint density at radius 2 is 0.531 bits per heavy atom. The Balaban J connectivity index is 5.20. The van der Waals surface area contributed by atoms with Gasteiger partial charge in [-0.2, -0.15) is 0 Å². The molecule has 0 spiro atoms. The number of aliphatic hydroxyl groups excluding tert-OH is 1. The van der Waals surface area contributed by atoms with Crippen LogP contribution in [0.1, 0.15) is 401 Å². The van der Waals surface area contributed by atoms with Gasteiger partial charge in [-0.25, -0.2) is 9.13 Å². The molecule has 0 aliphatic carbocycles. The number of phosphoric ester groups is 2. The number of carbonyl (C=O) groups excluding carboxylic acids is 4. The van der Waals surface area contributed by atoms with Gasteiger partial charge < -0.3 is 33.8 Å². The fourth-order valence-corrected chi connectivity index (χ4v) is 13.4. The second-order valence-electron chi connectivity index (χ2n) is 28.5. The van der Waals surface area contributed by atoms with Crippen molar-refractivity contribution >= 4 is 39.5 Å². The lowest BCUT2D eigenvalue weighted by Gasteiger charge is -2.21. The monoisotopic (exact) mass is 1410 g/mol. The third-order valence-corrected chi connectivity index (χ3v) is 20.2. The van der Waals surface area contributed by atoms with Gasteiger partial charge in [0.05, 0.1) is 26.4 Å². The molecule has 96 heavy (non-hydrogen) atoms. The van der Waals surface area contributed by atoms with E-state index in [1.54, 1.807) is 0 Å². The molecule has 0 fully saturated rings. The van der Waals surface area contributed by atoms with Crippen LogP contribution in [-0.4, -0.2) is 96.7 Å². The minimum absolute atomic E-state index is 0.106. The van der Waals surface area contributed by atoms with Crippen molar-refractivity contribution < 1.29 is 80.2 Å². The summed E-state index contributed by atoms with van der Waals surface area (Å²) in [5, 5.41) is 10.6. The van der Waals surface area contributed by atoms with Crippen LogP contribution in [-0.2, 0) is 65.4 Å². The summed E-state index contributed by atoms with van der Waals surface area (Å²) in [5.74, 6) is -0.563. The molecule has 0 saturated carbocycles. The van der Waals surface area contributed by atoms with Crippen LogP contribution in [0.2, 0.25) is 0 Å². The summed E-state index contributed by atoms with van der Waals surface area (Å²) in [7, 11) is -9.91. The summed E-state index contributed by atoms with van der Waals surface area (Å²) in [5.41, 5.74) is 0. The SMILES string of the molecule is CCCCCCCCCCCCCCCCC(=O)OC[C@H](COP(=O)(O)OC[C@@H](O)COP(=O)(O)OC[C@@H](COC(=O)CCCCCCCCC(C)CC)OC(=O)CCCCCCCCCCCCC)OC(=O)CCCCCCCCCCCCCCCCCCCCC(C)C. The van der Waals surface area contributed by atoms with Crippen LogP contribution in [0.5, 0.6) is 0 Å². The Morgan fingerprint density at radius 3 is 0.792 bits per heavy atom. The Morgan fingerprint density at radius 1 is 0.302 bits per heavy atom. The zero-order valence-corrected chi connectivity index (χ0v) is 64.5. The average molecular weight is 1410 g/mol. The number of hydrogen-bond acceptors (Lipinski definition) is 15. The highest BCUT2D eigenvalue weighted by Crippen LogP contribution is 2.45. The van der Waals surface area contributed by atoms with E-state index in [1.165, 1.54) is 212 Å². The van der Waals surface area contributed by atoms with E-state index in [-0.39, 0.29) is 25.7 Å². The molecule has 0 heterocycles. The van der Waals surface area contributed by atoms with Gasteiger partial charge in [0.25, 0.3) is 0 Å². The fourth-order valence-electron chi connectivity index (χ4n) is 11.8. The van der Waals surface area contributed by atoms with Crippen molar-refractivity contribution in [1.82, 2.24) is 0 Å². The molecule has 0 aromatic heterocycles. The second kappa shape index (κ2) is 68.8. The molecular weight excluding hydrogens is 1260 g/mol. The molecule has 570 valence electrons. The predicted octanol–water partition coefficient (Wildman–Crippen LogP) is 22.7. The molecule has 17 nitrogen and oxygen atoms in total. The van der Waals surface area contributed by atoms with Crippen molar-refractivity contribution in [3.05, 3.63) is 0 Å². The lowest BCUT2D eigenvalue weighted by Crippen LogP contribution is -2.30. The number of ether oxygens (including phenoxy) is 4. The van der Waals surface area contributed by atoms with Crippen LogP contribution in [0.4, 0.5) is 0 Å². The van der Waals surface area contributed by atoms with Crippen molar-refractivity contribution in [1.29, 1.82) is 0 Å². The largest absolute Gasteiger partial charge is 0.472 e. The summed E-state index contributed by atoms with van der Waals surface area (Å²) in [6.07, 6.45) is 56.9. The van der Waals surface area contributed by atoms with Crippen LogP contribution < -0.4 is 0 Å². The second-order valence-corrected chi connectivity index (χ2v) is 31.4. The van der Waals surface area contributed by atoms with Crippen LogP contribution in [0.25, 0.3) is 0 Å². The number of rotatable bonds is 76. The first-order chi connectivity index (χ1) is 46.4. The van der Waals surface area contributed by atoms with Crippen molar-refractivity contribution in [2.24, 2.45) is 11.8 Å². The molecule has 0 saturated heterocycles. The topological polar surface area (TPSA) is 237 Å². The molecule has 0 aromatic carbocycles. The van der Waals surface area contributed by atoms with E-state index < -0.39 is 97.5 Å². The van der Waals surface area contributed by atoms with Crippen LogP contribution >= 0.6 is 15.6 Å². The van der Waals surface area contributed by atoms with E-state index >= 15 is 0 Å². The molecule has 0 radical (unpaired) electrons. The van der Waals surface area contributed by atoms with E-state index in [2.05, 4.69) is 41.5 Å². The predicted molar refractivity (Wildman–Crippen MR) is 391 cm³/mol. The van der Waals surface area contributed by atoms with Gasteiger partial charge >= 0.3 is 39.5 Å². The molecule has 0 aromatic rings. The van der Waals surface area contributed by atoms with Crippen molar-refractivity contribution in [3.8, 4) is 0 Å². The van der Waals surface area contributed by atoms with E-state index in [1.807, 2.05) is 0 Å². The standard InChI is InChI=1S/C77H150O17P2/c1-7-10-12-14-16-18-20-21-29-33-36-40-47-53-59-74(79)87-65-72(93-77(82)62-56-50-42-38-34-30-27-25-23-22-24-26-28-32-35-39-45-51-57-69(4)5)67-91-95(83,84)89-63-71(78)64-90-96(85,86)92-68-73(66-88-75(80)60-54-48-44-43-46-52-58-70(6)9-3)94-76(81)61-55-49-41-37-31-19-17-15-13-11-8-2/h69-73,78H,7-68H2,1-6H3,(H,83,84)(H,85,86)/t70?,71-,72-,73-/m1/s1. The third-order valence-electron chi connectivity index (χ3n) is 18.3. The summed E-state index contributed by atoms with van der Waals surface area (Å²) < 4.78 is 68.5. The van der Waals surface area contributed by atoms with E-state index in [0.29, 0.717) is 25.7 Å². The van der Waals surface area contributed by atoms with Gasteiger partial charge in [-0.3, -0.25) is 37.3 Å². The maximum absolute atomic E-state index is 13.1. The first-order valence-corrected chi connectivity index (χ1v) is 43.0. The number of hydrogen-bond donors (Lipinski definition) is 3. The highest BCUT2D eigenvalue weighted by molar-refractivity contribution is 7.47. The maximum Gasteiger partial charge on any atom is 0.472 e. The highest BCUT2D eigenvalue weighted by atomic mass is 31.2. The Bertz CT molecular complexity index is 1860. The van der Waals surface area contributed by atoms with Crippen LogP contribution in [0, 0.1) is 11.8 Å². The van der Waals surface area contributed by atoms with Crippen molar-refractivity contribution in [3.63, 3.8) is 0 Å². The normalized spacial score (nSPS) is 14.3. The third kappa shape index (κ3) is 69.2. The minimum Gasteiger partial charge on any atom is -0.462 e. The molecule has 0 aliphatic rings. The number of aliphatic hydroxyl groups is 1. The van der Waals surface area contributed by atoms with Gasteiger partial charge in [-0.1, -0.05) is 350 Å². The first-order valence-electron chi connectivity index (χ1n) is 40.0. The Labute approximate surface area is 588 Å². The highest BCUT2D eigenvalue weighted by Gasteiger charge is 2.30. The van der Waals surface area contributed by atoms with Gasteiger partial charge in [0.2, 0.25) is 0 Å². The lowest BCUT2D eigenvalue weighted by molar-refractivity contribution is -0.161. The summed E-state index contributed by atoms with van der Waals surface area (Å²) in [4.78, 5) is 72.8. The molecular formula is C77H150O17P2. The number of phosphoric acid groups is 2. The zero-order chi connectivity index (χ0) is 70.7. The first kappa shape index (κ1) is 94.1. The van der Waals surface area contributed by atoms with Gasteiger partial charge in [0, 0.05) is 25.7 Å². The van der Waals surface area contributed by atoms with E-state index in [9.17, 15) is 43.2 Å². The lowest BCUT2D eigenvalue weighted by atomic mass is 10.00. The molecule has 0 aliphatic heterocycles. The number of carbonyl (C=O) groups is 4. The quantitative estimate of drug-likeness (QED) is 0.0222. The van der Waals surface area contributed by atoms with E-state index in [0.717, 1.165) is 108 Å². The molecule has 19 heteroatoms. The van der Waals surface area contributed by atoms with Crippen molar-refractivity contribution in [2.75, 3.05) is 39.6 Å².